The molecule has 0 bridgehead atoms. The van der Waals surface area contributed by atoms with Crippen molar-refractivity contribution in [3.05, 3.63) is 40.3 Å². The fourth-order valence-corrected chi connectivity index (χ4v) is 2.57. The fourth-order valence-electron chi connectivity index (χ4n) is 2.57. The van der Waals surface area contributed by atoms with Gasteiger partial charge in [-0.3, -0.25) is 9.59 Å². The van der Waals surface area contributed by atoms with Crippen LogP contribution in [0.5, 0.6) is 0 Å². The van der Waals surface area contributed by atoms with E-state index >= 15 is 0 Å². The molecule has 0 N–H and O–H groups in total. The molecule has 24 heavy (non-hydrogen) atoms. The molecule has 1 heterocycles. The van der Waals surface area contributed by atoms with Crippen LogP contribution in [0.4, 0.5) is 4.39 Å². The van der Waals surface area contributed by atoms with E-state index in [-0.39, 0.29) is 23.3 Å². The SMILES string of the molecule is CC(=O)OCC(=O)c1c(C)c(C)nc2c(F)cc(C(C)(C)C)cc12. The number of aromatic nitrogens is 1. The predicted molar refractivity (Wildman–Crippen MR) is 90.8 cm³/mol. The lowest BCUT2D eigenvalue weighted by molar-refractivity contribution is -0.139. The first-order valence-corrected chi connectivity index (χ1v) is 7.80. The highest BCUT2D eigenvalue weighted by Crippen LogP contribution is 2.31. The molecule has 0 atom stereocenters. The molecule has 0 saturated heterocycles. The minimum absolute atomic E-state index is 0.164. The van der Waals surface area contributed by atoms with Gasteiger partial charge in [0.2, 0.25) is 5.78 Å². The summed E-state index contributed by atoms with van der Waals surface area (Å²) in [6.07, 6.45) is 0. The van der Waals surface area contributed by atoms with Crippen LogP contribution in [-0.2, 0) is 14.9 Å². The van der Waals surface area contributed by atoms with E-state index < -0.39 is 11.8 Å². The summed E-state index contributed by atoms with van der Waals surface area (Å²) < 4.78 is 19.4. The number of rotatable bonds is 3. The van der Waals surface area contributed by atoms with Crippen molar-refractivity contribution in [3.63, 3.8) is 0 Å². The third-order valence-corrected chi connectivity index (χ3v) is 4.08. The molecular formula is C19H22FNO3. The minimum Gasteiger partial charge on any atom is -0.457 e. The van der Waals surface area contributed by atoms with Gasteiger partial charge >= 0.3 is 5.97 Å². The Kier molecular flexibility index (Phi) is 4.74. The number of ketones is 1. The number of halogens is 1. The molecule has 0 amide bonds. The molecule has 0 aliphatic rings. The summed E-state index contributed by atoms with van der Waals surface area (Å²) in [5, 5.41) is 0.458. The van der Waals surface area contributed by atoms with Gasteiger partial charge in [-0.25, -0.2) is 9.37 Å². The number of benzene rings is 1. The Morgan fingerprint density at radius 3 is 2.38 bits per heavy atom. The third kappa shape index (κ3) is 3.45. The molecule has 0 aliphatic heterocycles. The van der Waals surface area contributed by atoms with Gasteiger partial charge in [-0.15, -0.1) is 0 Å². The maximum Gasteiger partial charge on any atom is 0.303 e. The van der Waals surface area contributed by atoms with Gasteiger partial charge in [-0.2, -0.15) is 0 Å². The quantitative estimate of drug-likeness (QED) is 0.629. The summed E-state index contributed by atoms with van der Waals surface area (Å²) in [5.74, 6) is -1.34. The number of aryl methyl sites for hydroxylation is 1. The van der Waals surface area contributed by atoms with Gasteiger partial charge < -0.3 is 4.74 Å². The molecule has 0 saturated carbocycles. The van der Waals surface area contributed by atoms with Crippen LogP contribution in [0.2, 0.25) is 0 Å². The molecule has 128 valence electrons. The van der Waals surface area contributed by atoms with E-state index in [1.807, 2.05) is 20.8 Å². The highest BCUT2D eigenvalue weighted by Gasteiger charge is 2.23. The van der Waals surface area contributed by atoms with Crippen LogP contribution in [0.1, 0.15) is 54.9 Å². The van der Waals surface area contributed by atoms with Crippen LogP contribution in [0, 0.1) is 19.7 Å². The van der Waals surface area contributed by atoms with Crippen molar-refractivity contribution < 1.29 is 18.7 Å². The van der Waals surface area contributed by atoms with E-state index in [2.05, 4.69) is 4.98 Å². The number of hydrogen-bond donors (Lipinski definition) is 0. The van der Waals surface area contributed by atoms with E-state index in [1.54, 1.807) is 19.9 Å². The molecule has 2 aromatic rings. The molecule has 5 heteroatoms. The molecule has 0 spiro atoms. The van der Waals surface area contributed by atoms with Crippen LogP contribution in [-0.4, -0.2) is 23.3 Å². The minimum atomic E-state index is -0.530. The van der Waals surface area contributed by atoms with Crippen molar-refractivity contribution in [2.75, 3.05) is 6.61 Å². The Morgan fingerprint density at radius 2 is 1.83 bits per heavy atom. The fraction of sp³-hybridized carbons (Fsp3) is 0.421. The standard InChI is InChI=1S/C19H22FNO3/c1-10-11(2)21-18-14(17(10)16(23)9-24-12(3)22)7-13(8-15(18)20)19(4,5)6/h7-8H,9H2,1-6H3. The Bertz CT molecular complexity index is 835. The number of esters is 1. The average Bonchev–Trinajstić information content (AvgIpc) is 2.46. The summed E-state index contributed by atoms with van der Waals surface area (Å²) >= 11 is 0. The molecule has 1 aromatic heterocycles. The second-order valence-electron chi connectivity index (χ2n) is 7.00. The Morgan fingerprint density at radius 1 is 1.21 bits per heavy atom. The topological polar surface area (TPSA) is 56.3 Å². The average molecular weight is 331 g/mol. The van der Waals surface area contributed by atoms with Crippen molar-refractivity contribution >= 4 is 22.7 Å². The normalized spacial score (nSPS) is 11.6. The second-order valence-corrected chi connectivity index (χ2v) is 7.00. The number of nitrogens with zero attached hydrogens (tertiary/aromatic N) is 1. The number of fused-ring (bicyclic) bond motifs is 1. The number of pyridine rings is 1. The monoisotopic (exact) mass is 331 g/mol. The summed E-state index contributed by atoms with van der Waals surface area (Å²) in [5.41, 5.74) is 2.28. The number of Topliss-reactive ketones (excluding diaryl/α,β-unsaturated/α-hetero) is 1. The maximum atomic E-state index is 14.6. The van der Waals surface area contributed by atoms with E-state index in [4.69, 9.17) is 4.74 Å². The van der Waals surface area contributed by atoms with Crippen LogP contribution < -0.4 is 0 Å². The van der Waals surface area contributed by atoms with Gasteiger partial charge in [-0.1, -0.05) is 20.8 Å². The lowest BCUT2D eigenvalue weighted by Gasteiger charge is -2.21. The molecule has 4 nitrogen and oxygen atoms in total. The van der Waals surface area contributed by atoms with E-state index in [0.717, 1.165) is 5.56 Å². The lowest BCUT2D eigenvalue weighted by Crippen LogP contribution is -2.16. The van der Waals surface area contributed by atoms with Crippen LogP contribution in [0.15, 0.2) is 12.1 Å². The molecule has 0 unspecified atom stereocenters. The zero-order valence-corrected chi connectivity index (χ0v) is 14.9. The molecular weight excluding hydrogens is 309 g/mol. The molecule has 2 rings (SSSR count). The van der Waals surface area contributed by atoms with E-state index in [0.29, 0.717) is 22.2 Å². The van der Waals surface area contributed by atoms with Crippen molar-refractivity contribution in [1.29, 1.82) is 0 Å². The summed E-state index contributed by atoms with van der Waals surface area (Å²) in [6.45, 7) is 10.3. The molecule has 0 aliphatic carbocycles. The highest BCUT2D eigenvalue weighted by molar-refractivity contribution is 6.10. The number of hydrogen-bond acceptors (Lipinski definition) is 4. The second kappa shape index (κ2) is 6.30. The summed E-state index contributed by atoms with van der Waals surface area (Å²) in [7, 11) is 0. The molecule has 1 aromatic carbocycles. The van der Waals surface area contributed by atoms with Crippen molar-refractivity contribution in [1.82, 2.24) is 4.98 Å². The molecule has 0 fully saturated rings. The molecule has 0 radical (unpaired) electrons. The number of carbonyl (C=O) groups is 2. The largest absolute Gasteiger partial charge is 0.457 e. The smallest absolute Gasteiger partial charge is 0.303 e. The Balaban J connectivity index is 2.75. The lowest BCUT2D eigenvalue weighted by atomic mass is 9.85. The van der Waals surface area contributed by atoms with Gasteiger partial charge in [0.05, 0.1) is 0 Å². The van der Waals surface area contributed by atoms with Crippen LogP contribution in [0.25, 0.3) is 10.9 Å². The number of carbonyl (C=O) groups excluding carboxylic acids is 2. The third-order valence-electron chi connectivity index (χ3n) is 4.08. The Labute approximate surface area is 141 Å². The van der Waals surface area contributed by atoms with Crippen molar-refractivity contribution in [3.8, 4) is 0 Å². The first-order chi connectivity index (χ1) is 11.0. The number of ether oxygens (including phenoxy) is 1. The van der Waals surface area contributed by atoms with Gasteiger partial charge in [0.25, 0.3) is 0 Å². The van der Waals surface area contributed by atoms with Gasteiger partial charge in [0.1, 0.15) is 11.3 Å². The summed E-state index contributed by atoms with van der Waals surface area (Å²) in [6, 6.07) is 3.27. The highest BCUT2D eigenvalue weighted by atomic mass is 19.1. The van der Waals surface area contributed by atoms with Gasteiger partial charge in [-0.05, 0) is 42.5 Å². The van der Waals surface area contributed by atoms with E-state index in [1.165, 1.54) is 13.0 Å². The zero-order chi connectivity index (χ0) is 18.2. The van der Waals surface area contributed by atoms with Gasteiger partial charge in [0.15, 0.2) is 6.61 Å². The predicted octanol–water partition coefficient (Wildman–Crippen LogP) is 4.03. The maximum absolute atomic E-state index is 14.6. The van der Waals surface area contributed by atoms with Crippen molar-refractivity contribution in [2.24, 2.45) is 0 Å². The first kappa shape index (κ1) is 18.0. The van der Waals surface area contributed by atoms with Crippen molar-refractivity contribution in [2.45, 2.75) is 47.0 Å². The first-order valence-electron chi connectivity index (χ1n) is 7.80. The Hall–Kier alpha value is -2.30. The zero-order valence-electron chi connectivity index (χ0n) is 14.9. The van der Waals surface area contributed by atoms with Gasteiger partial charge in [0, 0.05) is 23.6 Å². The summed E-state index contributed by atoms with van der Waals surface area (Å²) in [4.78, 5) is 27.9. The van der Waals surface area contributed by atoms with Crippen LogP contribution >= 0.6 is 0 Å². The van der Waals surface area contributed by atoms with Crippen LogP contribution in [0.3, 0.4) is 0 Å². The van der Waals surface area contributed by atoms with E-state index in [9.17, 15) is 14.0 Å².